The molecule has 0 aliphatic carbocycles. The summed E-state index contributed by atoms with van der Waals surface area (Å²) in [6.45, 7) is 2.07. The van der Waals surface area contributed by atoms with E-state index in [4.69, 9.17) is 0 Å². The molecule has 0 aliphatic rings. The zero-order valence-electron chi connectivity index (χ0n) is 9.69. The van der Waals surface area contributed by atoms with Crippen molar-refractivity contribution < 1.29 is 5.11 Å². The van der Waals surface area contributed by atoms with E-state index >= 15 is 0 Å². The van der Waals surface area contributed by atoms with Crippen LogP contribution in [0.4, 0.5) is 5.69 Å². The molecule has 0 unspecified atom stereocenters. The molecule has 92 valence electrons. The Morgan fingerprint density at radius 1 is 1.06 bits per heavy atom. The first-order chi connectivity index (χ1) is 8.56. The minimum atomic E-state index is 0.304. The number of hydrogen-bond donors (Lipinski definition) is 1. The molecule has 0 spiro atoms. The molecule has 0 radical (unpaired) electrons. The fourth-order valence-electron chi connectivity index (χ4n) is 1.46. The van der Waals surface area contributed by atoms with Crippen LogP contribution in [0.3, 0.4) is 0 Å². The molecule has 0 heterocycles. The summed E-state index contributed by atoms with van der Waals surface area (Å²) < 4.78 is 2.07. The Hall–Kier alpha value is -0.630. The number of halogens is 2. The molecule has 0 fully saturated rings. The van der Waals surface area contributed by atoms with Gasteiger partial charge in [-0.3, -0.25) is 4.99 Å². The van der Waals surface area contributed by atoms with Gasteiger partial charge in [0.2, 0.25) is 0 Å². The van der Waals surface area contributed by atoms with Crippen LogP contribution in [0.15, 0.2) is 41.4 Å². The van der Waals surface area contributed by atoms with E-state index in [0.29, 0.717) is 5.75 Å². The van der Waals surface area contributed by atoms with Crippen molar-refractivity contribution in [1.82, 2.24) is 0 Å². The van der Waals surface area contributed by atoms with Crippen LogP contribution < -0.4 is 0 Å². The summed E-state index contributed by atoms with van der Waals surface area (Å²) in [5.41, 5.74) is 3.15. The number of phenols is 1. The maximum absolute atomic E-state index is 9.44. The van der Waals surface area contributed by atoms with Gasteiger partial charge in [-0.15, -0.1) is 0 Å². The second-order valence-corrected chi connectivity index (χ2v) is 6.23. The van der Waals surface area contributed by atoms with Gasteiger partial charge in [-0.05, 0) is 99.6 Å². The molecule has 2 rings (SSSR count). The predicted octanol–water partition coefficient (Wildman–Crippen LogP) is 4.66. The Morgan fingerprint density at radius 2 is 1.83 bits per heavy atom. The first kappa shape index (κ1) is 13.8. The third-order valence-corrected chi connectivity index (χ3v) is 4.55. The lowest BCUT2D eigenvalue weighted by Crippen LogP contribution is -1.83. The third-order valence-electron chi connectivity index (χ3n) is 2.48. The van der Waals surface area contributed by atoms with E-state index < -0.39 is 0 Å². The Kier molecular flexibility index (Phi) is 4.60. The molecule has 0 aromatic heterocycles. The molecule has 0 amide bonds. The van der Waals surface area contributed by atoms with Crippen LogP contribution >= 0.6 is 45.2 Å². The van der Waals surface area contributed by atoms with Crippen LogP contribution in [-0.4, -0.2) is 11.3 Å². The zero-order chi connectivity index (χ0) is 13.1. The average molecular weight is 463 g/mol. The second kappa shape index (κ2) is 6.01. The van der Waals surface area contributed by atoms with Crippen LogP contribution in [0.25, 0.3) is 0 Å². The standard InChI is InChI=1S/C14H11I2NO/c1-9-6-11(3-4-12(9)15)17-8-10-2-5-14(18)13(16)7-10/h2-8,18H,1H3. The highest BCUT2D eigenvalue weighted by Gasteiger charge is 1.98. The molecule has 2 nitrogen and oxygen atoms in total. The molecule has 0 atom stereocenters. The summed E-state index contributed by atoms with van der Waals surface area (Å²) in [5, 5.41) is 9.44. The minimum absolute atomic E-state index is 0.304. The summed E-state index contributed by atoms with van der Waals surface area (Å²) in [4.78, 5) is 4.44. The molecule has 18 heavy (non-hydrogen) atoms. The van der Waals surface area contributed by atoms with Gasteiger partial charge in [0.25, 0.3) is 0 Å². The summed E-state index contributed by atoms with van der Waals surface area (Å²) in [6, 6.07) is 11.5. The van der Waals surface area contributed by atoms with Crippen LogP contribution in [-0.2, 0) is 0 Å². The minimum Gasteiger partial charge on any atom is -0.507 e. The van der Waals surface area contributed by atoms with Crippen molar-refractivity contribution in [3.05, 3.63) is 54.7 Å². The average Bonchev–Trinajstić information content (AvgIpc) is 2.35. The lowest BCUT2D eigenvalue weighted by Gasteiger charge is -2.00. The fourth-order valence-corrected chi connectivity index (χ4v) is 2.34. The van der Waals surface area contributed by atoms with Crippen LogP contribution in [0, 0.1) is 14.1 Å². The molecule has 2 aromatic carbocycles. The number of aryl methyl sites for hydroxylation is 1. The largest absolute Gasteiger partial charge is 0.507 e. The summed E-state index contributed by atoms with van der Waals surface area (Å²) in [7, 11) is 0. The quantitative estimate of drug-likeness (QED) is 0.511. The van der Waals surface area contributed by atoms with Crippen molar-refractivity contribution in [3.8, 4) is 5.75 Å². The SMILES string of the molecule is Cc1cc(N=Cc2ccc(O)c(I)c2)ccc1I. The fraction of sp³-hybridized carbons (Fsp3) is 0.0714. The topological polar surface area (TPSA) is 32.6 Å². The number of nitrogens with zero attached hydrogens (tertiary/aromatic N) is 1. The van der Waals surface area contributed by atoms with Gasteiger partial charge in [-0.25, -0.2) is 0 Å². The van der Waals surface area contributed by atoms with Crippen molar-refractivity contribution in [1.29, 1.82) is 0 Å². The molecule has 4 heteroatoms. The molecule has 0 bridgehead atoms. The zero-order valence-corrected chi connectivity index (χ0v) is 14.0. The van der Waals surface area contributed by atoms with Gasteiger partial charge in [0.1, 0.15) is 5.75 Å². The second-order valence-electron chi connectivity index (χ2n) is 3.90. The van der Waals surface area contributed by atoms with Gasteiger partial charge in [0.15, 0.2) is 0 Å². The first-order valence-corrected chi connectivity index (χ1v) is 7.51. The number of benzene rings is 2. The van der Waals surface area contributed by atoms with Gasteiger partial charge < -0.3 is 5.11 Å². The van der Waals surface area contributed by atoms with Crippen LogP contribution in [0.2, 0.25) is 0 Å². The smallest absolute Gasteiger partial charge is 0.128 e. The summed E-state index contributed by atoms with van der Waals surface area (Å²) in [6.07, 6.45) is 1.81. The number of phenolic OH excluding ortho intramolecular Hbond substituents is 1. The monoisotopic (exact) mass is 463 g/mol. The summed E-state index contributed by atoms with van der Waals surface area (Å²) >= 11 is 4.41. The molecule has 0 aliphatic heterocycles. The number of aliphatic imine (C=N–C) groups is 1. The van der Waals surface area contributed by atoms with E-state index in [0.717, 1.165) is 14.8 Å². The van der Waals surface area contributed by atoms with Gasteiger partial charge in [0, 0.05) is 9.78 Å². The molecular formula is C14H11I2NO. The van der Waals surface area contributed by atoms with Crippen LogP contribution in [0.1, 0.15) is 11.1 Å². The first-order valence-electron chi connectivity index (χ1n) is 5.35. The molecule has 1 N–H and O–H groups in total. The van der Waals surface area contributed by atoms with Crippen molar-refractivity contribution >= 4 is 57.1 Å². The van der Waals surface area contributed by atoms with Gasteiger partial charge in [-0.1, -0.05) is 0 Å². The third kappa shape index (κ3) is 3.44. The van der Waals surface area contributed by atoms with Crippen molar-refractivity contribution in [2.75, 3.05) is 0 Å². The number of hydrogen-bond acceptors (Lipinski definition) is 2. The van der Waals surface area contributed by atoms with E-state index in [2.05, 4.69) is 69.2 Å². The maximum atomic E-state index is 9.44. The van der Waals surface area contributed by atoms with Gasteiger partial charge in [0.05, 0.1) is 9.26 Å². The van der Waals surface area contributed by atoms with Gasteiger partial charge in [-0.2, -0.15) is 0 Å². The van der Waals surface area contributed by atoms with E-state index in [1.165, 1.54) is 9.13 Å². The summed E-state index contributed by atoms with van der Waals surface area (Å²) in [5.74, 6) is 0.304. The van der Waals surface area contributed by atoms with Crippen LogP contribution in [0.5, 0.6) is 5.75 Å². The molecule has 0 saturated heterocycles. The van der Waals surface area contributed by atoms with E-state index in [-0.39, 0.29) is 0 Å². The Balaban J connectivity index is 2.24. The molecular weight excluding hydrogens is 452 g/mol. The lowest BCUT2D eigenvalue weighted by atomic mass is 10.2. The maximum Gasteiger partial charge on any atom is 0.128 e. The normalized spacial score (nSPS) is 11.1. The Bertz CT molecular complexity index is 555. The van der Waals surface area contributed by atoms with Crippen molar-refractivity contribution in [2.45, 2.75) is 6.92 Å². The predicted molar refractivity (Wildman–Crippen MR) is 92.0 cm³/mol. The molecule has 0 saturated carbocycles. The highest BCUT2D eigenvalue weighted by atomic mass is 127. The van der Waals surface area contributed by atoms with E-state index in [1.54, 1.807) is 6.07 Å². The lowest BCUT2D eigenvalue weighted by molar-refractivity contribution is 0.471. The Morgan fingerprint density at radius 3 is 2.50 bits per heavy atom. The number of aromatic hydroxyl groups is 1. The van der Waals surface area contributed by atoms with E-state index in [9.17, 15) is 5.11 Å². The van der Waals surface area contributed by atoms with Crippen molar-refractivity contribution in [2.24, 2.45) is 4.99 Å². The van der Waals surface area contributed by atoms with Gasteiger partial charge >= 0.3 is 0 Å². The number of rotatable bonds is 2. The highest BCUT2D eigenvalue weighted by molar-refractivity contribution is 14.1. The van der Waals surface area contributed by atoms with Crippen molar-refractivity contribution in [3.63, 3.8) is 0 Å². The highest BCUT2D eigenvalue weighted by Crippen LogP contribution is 2.21. The van der Waals surface area contributed by atoms with E-state index in [1.807, 2.05) is 24.4 Å². The molecule has 2 aromatic rings. The Labute approximate surface area is 133 Å².